The molecule has 0 aliphatic carbocycles. The number of aromatic nitrogens is 2. The zero-order valence-electron chi connectivity index (χ0n) is 8.32. The number of fused-ring (bicyclic) bond motifs is 1. The standard InChI is InChI=1S/C9H11N2Se.I3/c1-7(2)11-9-6-4-3-5-8(9)10-12-11;1-3-2/h3-7H,1-2H3;/q+1;-1. The molecule has 2 rings (SSSR count). The van der Waals surface area contributed by atoms with Crippen molar-refractivity contribution in [3.63, 3.8) is 0 Å². The van der Waals surface area contributed by atoms with Crippen LogP contribution in [0.4, 0.5) is 0 Å². The number of nitrogens with zero attached hydrogens (tertiary/aromatic N) is 2. The summed E-state index contributed by atoms with van der Waals surface area (Å²) >= 11 is 5.58. The summed E-state index contributed by atoms with van der Waals surface area (Å²) in [5.74, 6) is 0. The molecule has 1 heterocycles. The molecule has 0 atom stereocenters. The predicted octanol–water partition coefficient (Wildman–Crippen LogP) is -0.0644. The molecule has 0 aliphatic heterocycles. The summed E-state index contributed by atoms with van der Waals surface area (Å²) in [6.07, 6.45) is 0. The van der Waals surface area contributed by atoms with E-state index in [1.165, 1.54) is 5.52 Å². The Labute approximate surface area is 126 Å². The number of hydrogen-bond donors (Lipinski definition) is 0. The zero-order chi connectivity index (χ0) is 11.3. The van der Waals surface area contributed by atoms with Crippen molar-refractivity contribution in [2.75, 3.05) is 0 Å². The second-order valence-electron chi connectivity index (χ2n) is 3.14. The van der Waals surface area contributed by atoms with Gasteiger partial charge in [-0.05, 0) is 0 Å². The Kier molecular flexibility index (Phi) is 7.57. The molecule has 84 valence electrons. The Morgan fingerprint density at radius 2 is 1.93 bits per heavy atom. The summed E-state index contributed by atoms with van der Waals surface area (Å²) in [6, 6.07) is 8.91. The molecule has 0 radical (unpaired) electrons. The van der Waals surface area contributed by atoms with Crippen LogP contribution in [0.5, 0.6) is 0 Å². The molecule has 0 bridgehead atoms. The summed E-state index contributed by atoms with van der Waals surface area (Å²) in [6.45, 7) is 4.42. The van der Waals surface area contributed by atoms with Crippen LogP contribution in [0.25, 0.3) is 11.0 Å². The molecule has 0 fully saturated rings. The molecule has 15 heavy (non-hydrogen) atoms. The Balaban J connectivity index is 0.000000337. The summed E-state index contributed by atoms with van der Waals surface area (Å²) in [5.41, 5.74) is 2.46. The zero-order valence-corrected chi connectivity index (χ0v) is 16.5. The van der Waals surface area contributed by atoms with Gasteiger partial charge >= 0.3 is 128 Å². The van der Waals surface area contributed by atoms with Crippen molar-refractivity contribution < 1.29 is 16.8 Å². The van der Waals surface area contributed by atoms with E-state index in [4.69, 9.17) is 0 Å². The first-order valence-corrected chi connectivity index (χ1v) is 18.4. The van der Waals surface area contributed by atoms with E-state index in [2.05, 4.69) is 76.8 Å². The van der Waals surface area contributed by atoms with Crippen LogP contribution in [0.1, 0.15) is 19.9 Å². The van der Waals surface area contributed by atoms with Crippen molar-refractivity contribution in [2.24, 2.45) is 0 Å². The first kappa shape index (κ1) is 14.6. The second-order valence-corrected chi connectivity index (χ2v) is 20.9. The summed E-state index contributed by atoms with van der Waals surface area (Å²) in [4.78, 5) is 0. The molecule has 0 spiro atoms. The van der Waals surface area contributed by atoms with Gasteiger partial charge in [-0.1, -0.05) is 0 Å². The second kappa shape index (κ2) is 7.78. The normalized spacial score (nSPS) is 10.5. The third-order valence-corrected chi connectivity index (χ3v) is 4.07. The van der Waals surface area contributed by atoms with Crippen LogP contribution in [-0.2, 0) is 0 Å². The van der Waals surface area contributed by atoms with Gasteiger partial charge in [0.2, 0.25) is 0 Å². The van der Waals surface area contributed by atoms with E-state index in [0.29, 0.717) is 19.3 Å². The molecular weight excluding hydrogens is 596 g/mol. The average molecular weight is 607 g/mol. The first-order chi connectivity index (χ1) is 7.20. The van der Waals surface area contributed by atoms with Crippen LogP contribution in [0.2, 0.25) is 0 Å². The summed E-state index contributed by atoms with van der Waals surface area (Å²) in [5, 5.41) is 0. The number of halogens is 3. The van der Waals surface area contributed by atoms with Crippen molar-refractivity contribution in [2.45, 2.75) is 19.9 Å². The third kappa shape index (κ3) is 4.36. The van der Waals surface area contributed by atoms with Gasteiger partial charge in [0.15, 0.2) is 0 Å². The van der Waals surface area contributed by atoms with E-state index < -0.39 is 0 Å². The first-order valence-electron chi connectivity index (χ1n) is 4.34. The van der Waals surface area contributed by atoms with Crippen LogP contribution < -0.4 is 16.8 Å². The van der Waals surface area contributed by atoms with Crippen LogP contribution in [0, 0.1) is 0 Å². The molecule has 0 unspecified atom stereocenters. The number of rotatable bonds is 1. The van der Waals surface area contributed by atoms with Gasteiger partial charge in [0.1, 0.15) is 0 Å². The van der Waals surface area contributed by atoms with Gasteiger partial charge < -0.3 is 0 Å². The third-order valence-electron chi connectivity index (χ3n) is 1.82. The predicted molar refractivity (Wildman–Crippen MR) is 77.3 cm³/mol. The number of hydrogen-bond acceptors (Lipinski definition) is 1. The Morgan fingerprint density at radius 1 is 1.33 bits per heavy atom. The van der Waals surface area contributed by atoms with E-state index >= 15 is 0 Å². The van der Waals surface area contributed by atoms with Gasteiger partial charge in [0.25, 0.3) is 0 Å². The molecule has 0 saturated carbocycles. The molecule has 0 aliphatic rings. The maximum absolute atomic E-state index is 4.49. The van der Waals surface area contributed by atoms with Gasteiger partial charge in [-0.15, -0.1) is 0 Å². The molecule has 2 aromatic rings. The Bertz CT molecular complexity index is 416. The van der Waals surface area contributed by atoms with E-state index in [1.54, 1.807) is 0 Å². The van der Waals surface area contributed by atoms with Crippen molar-refractivity contribution >= 4 is 63.2 Å². The molecule has 2 nitrogen and oxygen atoms in total. The van der Waals surface area contributed by atoms with Crippen molar-refractivity contribution in [1.82, 2.24) is 3.98 Å². The van der Waals surface area contributed by atoms with Gasteiger partial charge in [0.05, 0.1) is 0 Å². The molecule has 1 aromatic carbocycles. The Morgan fingerprint density at radius 3 is 2.53 bits per heavy atom. The summed E-state index contributed by atoms with van der Waals surface area (Å²) < 4.78 is 6.85. The van der Waals surface area contributed by atoms with Gasteiger partial charge in [-0.3, -0.25) is 0 Å². The topological polar surface area (TPSA) is 16.8 Å². The van der Waals surface area contributed by atoms with Crippen LogP contribution in [0.3, 0.4) is 0 Å². The fraction of sp³-hybridized carbons (Fsp3) is 0.333. The van der Waals surface area contributed by atoms with Gasteiger partial charge in [-0.25, -0.2) is 0 Å². The van der Waals surface area contributed by atoms with Crippen LogP contribution in [0.15, 0.2) is 24.3 Å². The maximum atomic E-state index is 4.49. The van der Waals surface area contributed by atoms with Crippen molar-refractivity contribution in [3.05, 3.63) is 24.3 Å². The number of para-hydroxylation sites is 1. The van der Waals surface area contributed by atoms with Crippen molar-refractivity contribution in [1.29, 1.82) is 0 Å². The summed E-state index contributed by atoms with van der Waals surface area (Å²) in [7, 11) is 0. The fourth-order valence-electron chi connectivity index (χ4n) is 1.23. The van der Waals surface area contributed by atoms with Gasteiger partial charge in [0, 0.05) is 0 Å². The van der Waals surface area contributed by atoms with E-state index in [1.807, 2.05) is 6.07 Å². The number of benzene rings is 1. The molecule has 0 amide bonds. The molecule has 0 N–H and O–H groups in total. The monoisotopic (exact) mass is 608 g/mol. The fourth-order valence-corrected chi connectivity index (χ4v) is 2.83. The molecule has 6 heteroatoms. The quantitative estimate of drug-likeness (QED) is 0.329. The van der Waals surface area contributed by atoms with Crippen molar-refractivity contribution in [3.8, 4) is 0 Å². The SMILES string of the molecule is CC(C)[n+]1[se]nc2ccccc21.I[I-]I. The minimum atomic E-state index is 0.276. The average Bonchev–Trinajstić information content (AvgIpc) is 2.62. The van der Waals surface area contributed by atoms with E-state index in [-0.39, 0.29) is 15.0 Å². The van der Waals surface area contributed by atoms with Crippen LogP contribution >= 0.6 is 37.2 Å². The van der Waals surface area contributed by atoms with E-state index in [0.717, 1.165) is 5.52 Å². The minimum absolute atomic E-state index is 0.276. The van der Waals surface area contributed by atoms with Gasteiger partial charge in [-0.2, -0.15) is 0 Å². The van der Waals surface area contributed by atoms with E-state index in [9.17, 15) is 0 Å². The molecule has 1 aromatic heterocycles. The molecular formula is C9H11I3N2Se. The molecule has 0 saturated heterocycles. The van der Waals surface area contributed by atoms with Crippen LogP contribution in [-0.4, -0.2) is 18.9 Å². The Hall–Kier alpha value is 1.53.